The molecular weight excluding hydrogens is 706 g/mol. The summed E-state index contributed by atoms with van der Waals surface area (Å²) in [6, 6.07) is 0.326. The Bertz CT molecular complexity index is 1400. The lowest BCUT2D eigenvalue weighted by Crippen LogP contribution is -2.59. The van der Waals surface area contributed by atoms with Crippen molar-refractivity contribution in [3.8, 4) is 0 Å². The number of cyclic esters (lactones) is 1. The molecule has 4 saturated heterocycles. The molecule has 0 N–H and O–H groups in total. The zero-order chi connectivity index (χ0) is 39.1. The highest BCUT2D eigenvalue weighted by molar-refractivity contribution is 5.99. The monoisotopic (exact) mass is 773 g/mol. The SMILES string of the molecule is CCC=C[C@H]1CCC[C@H](OC2CC[C@H](N(C)C)[C@@H](C)O2)[C@@H](C)C(=O)C2=CC3C4C[C@H](O[C@@H]5O[C@@H](C)[C@H](OC)[C@@H](OC)[C@H]5OC)CC4C4OC4C3C2CC(=O)O1. The summed E-state index contributed by atoms with van der Waals surface area (Å²) in [6.45, 7) is 8.17. The van der Waals surface area contributed by atoms with Crippen LogP contribution in [0.15, 0.2) is 23.8 Å². The quantitative estimate of drug-likeness (QED) is 0.164. The fraction of sp³-hybridized carbons (Fsp3) is 0.860. The van der Waals surface area contributed by atoms with Crippen LogP contribution in [0.3, 0.4) is 0 Å². The highest BCUT2D eigenvalue weighted by Crippen LogP contribution is 2.63. The first kappa shape index (κ1) is 41.4. The van der Waals surface area contributed by atoms with Crippen molar-refractivity contribution >= 4 is 11.8 Å². The van der Waals surface area contributed by atoms with Gasteiger partial charge in [-0.15, -0.1) is 0 Å². The van der Waals surface area contributed by atoms with E-state index in [4.69, 9.17) is 42.6 Å². The molecule has 4 heterocycles. The standard InChI is InChI=1S/C43H67NO11/c1-10-11-13-25-14-12-15-33(54-35-17-16-32(44(5)6)23(3)50-35)22(2)37(46)30-20-28-27-18-26(53-43-42(49-9)41(48-8)38(47-7)24(4)51-43)19-31(27)39-40(55-39)36(28)29(30)21-34(45)52-25/h11,13,20,22-29,31-33,35-36,38-43H,10,12,14-19,21H2,1-9H3/t22-,23-,24+,25+,26+,27?,28?,29?,31?,32+,33+,35?,36?,38+,39?,40?,41-,42-,43+/m1/s1. The van der Waals surface area contributed by atoms with Crippen LogP contribution < -0.4 is 0 Å². The Labute approximate surface area is 328 Å². The number of likely N-dealkylation sites (N-methyl/N-ethyl adjacent to an activating group) is 1. The fourth-order valence-corrected chi connectivity index (χ4v) is 11.4. The van der Waals surface area contributed by atoms with E-state index in [1.165, 1.54) is 0 Å². The number of fused-ring (bicyclic) bond motifs is 8. The van der Waals surface area contributed by atoms with Crippen LogP contribution in [0.5, 0.6) is 0 Å². The van der Waals surface area contributed by atoms with E-state index in [2.05, 4.69) is 45.0 Å². The summed E-state index contributed by atoms with van der Waals surface area (Å²) in [7, 11) is 9.15. The van der Waals surface area contributed by atoms with Gasteiger partial charge in [0, 0.05) is 45.1 Å². The zero-order valence-corrected chi connectivity index (χ0v) is 34.5. The van der Waals surface area contributed by atoms with Gasteiger partial charge in [-0.25, -0.2) is 0 Å². The molecule has 0 aromatic rings. The van der Waals surface area contributed by atoms with E-state index < -0.39 is 18.3 Å². The van der Waals surface area contributed by atoms with Crippen LogP contribution >= 0.6 is 0 Å². The highest BCUT2D eigenvalue weighted by atomic mass is 16.7. The van der Waals surface area contributed by atoms with E-state index in [0.717, 1.165) is 44.1 Å². The van der Waals surface area contributed by atoms with Crippen LogP contribution in [-0.4, -0.2) is 132 Å². The highest BCUT2D eigenvalue weighted by Gasteiger charge is 2.66. The molecule has 4 aliphatic heterocycles. The number of esters is 1. The lowest BCUT2D eigenvalue weighted by molar-refractivity contribution is -0.314. The molecule has 0 aromatic carbocycles. The third-order valence-corrected chi connectivity index (χ3v) is 14.1. The number of rotatable bonds is 10. The van der Waals surface area contributed by atoms with Crippen LogP contribution in [0.25, 0.3) is 0 Å². The second-order valence-corrected chi connectivity index (χ2v) is 17.5. The number of Topliss-reactive ketones (excluding diaryl/α,β-unsaturated/α-hetero) is 1. The number of allylic oxidation sites excluding steroid dienone is 3. The maximum atomic E-state index is 14.8. The Balaban J connectivity index is 1.12. The van der Waals surface area contributed by atoms with Crippen molar-refractivity contribution in [1.29, 1.82) is 0 Å². The van der Waals surface area contributed by atoms with Crippen molar-refractivity contribution in [2.75, 3.05) is 35.4 Å². The first-order valence-electron chi connectivity index (χ1n) is 21.1. The van der Waals surface area contributed by atoms with E-state index in [1.807, 2.05) is 19.9 Å². The van der Waals surface area contributed by atoms with Crippen LogP contribution in [0.2, 0.25) is 0 Å². The van der Waals surface area contributed by atoms with E-state index in [0.29, 0.717) is 18.9 Å². The van der Waals surface area contributed by atoms with Crippen molar-refractivity contribution in [3.63, 3.8) is 0 Å². The van der Waals surface area contributed by atoms with E-state index in [9.17, 15) is 9.59 Å². The molecule has 310 valence electrons. The van der Waals surface area contributed by atoms with Gasteiger partial charge in [0.25, 0.3) is 0 Å². The average Bonchev–Trinajstić information content (AvgIpc) is 3.69. The van der Waals surface area contributed by atoms with Crippen molar-refractivity contribution in [3.05, 3.63) is 23.8 Å². The van der Waals surface area contributed by atoms with Gasteiger partial charge in [0.1, 0.15) is 24.4 Å². The number of carbonyl (C=O) groups is 2. The van der Waals surface area contributed by atoms with Gasteiger partial charge < -0.3 is 47.5 Å². The molecular formula is C43H67NO11. The summed E-state index contributed by atoms with van der Waals surface area (Å²) in [5.41, 5.74) is 0.747. The van der Waals surface area contributed by atoms with Gasteiger partial charge in [0.2, 0.25) is 0 Å². The molecule has 12 heteroatoms. The van der Waals surface area contributed by atoms with Crippen LogP contribution in [0.1, 0.15) is 85.5 Å². The summed E-state index contributed by atoms with van der Waals surface area (Å²) in [4.78, 5) is 30.8. The Morgan fingerprint density at radius 2 is 1.58 bits per heavy atom. The summed E-state index contributed by atoms with van der Waals surface area (Å²) in [5.74, 6) is -0.205. The molecule has 7 rings (SSSR count). The molecule has 0 amide bonds. The second kappa shape index (κ2) is 17.6. The molecule has 7 aliphatic rings. The number of nitrogens with zero attached hydrogens (tertiary/aromatic N) is 1. The van der Waals surface area contributed by atoms with Crippen molar-refractivity contribution < 1.29 is 52.2 Å². The van der Waals surface area contributed by atoms with Crippen molar-refractivity contribution in [1.82, 2.24) is 4.90 Å². The molecule has 3 aliphatic carbocycles. The molecule has 0 aromatic heterocycles. The van der Waals surface area contributed by atoms with Crippen LogP contribution in [-0.2, 0) is 52.2 Å². The van der Waals surface area contributed by atoms with Crippen molar-refractivity contribution in [2.45, 2.75) is 165 Å². The molecule has 12 nitrogen and oxygen atoms in total. The number of carbonyl (C=O) groups excluding carboxylic acids is 2. The summed E-state index contributed by atoms with van der Waals surface area (Å²) < 4.78 is 56.4. The number of methoxy groups -OCH3 is 3. The Kier molecular flexibility index (Phi) is 13.3. The van der Waals surface area contributed by atoms with Gasteiger partial charge in [0.05, 0.1) is 43.0 Å². The van der Waals surface area contributed by atoms with E-state index >= 15 is 0 Å². The number of ether oxygens (including phenoxy) is 9. The minimum Gasteiger partial charge on any atom is -0.458 e. The minimum absolute atomic E-state index is 0.00447. The molecule has 0 bridgehead atoms. The predicted molar refractivity (Wildman–Crippen MR) is 203 cm³/mol. The normalized spacial score (nSPS) is 47.6. The van der Waals surface area contributed by atoms with E-state index in [-0.39, 0.29) is 109 Å². The topological polar surface area (TPSA) is 124 Å². The number of ketones is 1. The Hall–Kier alpha value is -1.74. The molecule has 0 radical (unpaired) electrons. The fourth-order valence-electron chi connectivity index (χ4n) is 11.4. The minimum atomic E-state index is -0.612. The lowest BCUT2D eigenvalue weighted by atomic mass is 9.66. The molecule has 8 unspecified atom stereocenters. The number of hydrogen-bond acceptors (Lipinski definition) is 12. The van der Waals surface area contributed by atoms with E-state index in [1.54, 1.807) is 21.3 Å². The Morgan fingerprint density at radius 3 is 2.27 bits per heavy atom. The maximum absolute atomic E-state index is 14.8. The van der Waals surface area contributed by atoms with Crippen LogP contribution in [0, 0.1) is 35.5 Å². The van der Waals surface area contributed by atoms with Gasteiger partial charge in [-0.1, -0.05) is 26.0 Å². The lowest BCUT2D eigenvalue weighted by Gasteiger charge is -2.44. The predicted octanol–water partition coefficient (Wildman–Crippen LogP) is 5.25. The first-order valence-corrected chi connectivity index (χ1v) is 21.1. The van der Waals surface area contributed by atoms with Gasteiger partial charge in [-0.05, 0) is 109 Å². The largest absolute Gasteiger partial charge is 0.458 e. The number of epoxide rings is 1. The zero-order valence-electron chi connectivity index (χ0n) is 34.5. The maximum Gasteiger partial charge on any atom is 0.307 e. The third-order valence-electron chi connectivity index (χ3n) is 14.1. The summed E-state index contributed by atoms with van der Waals surface area (Å²) in [6.07, 6.45) is 9.92. The van der Waals surface area contributed by atoms with Crippen molar-refractivity contribution in [2.24, 2.45) is 35.5 Å². The third kappa shape index (κ3) is 8.41. The smallest absolute Gasteiger partial charge is 0.307 e. The molecule has 2 saturated carbocycles. The molecule has 19 atom stereocenters. The summed E-state index contributed by atoms with van der Waals surface area (Å²) in [5, 5.41) is 0. The Morgan fingerprint density at radius 1 is 0.836 bits per heavy atom. The average molecular weight is 774 g/mol. The number of hydrogen-bond donors (Lipinski definition) is 0. The molecule has 0 spiro atoms. The van der Waals surface area contributed by atoms with Gasteiger partial charge >= 0.3 is 5.97 Å². The van der Waals surface area contributed by atoms with Gasteiger partial charge in [-0.2, -0.15) is 0 Å². The van der Waals surface area contributed by atoms with Gasteiger partial charge in [0.15, 0.2) is 18.4 Å². The first-order chi connectivity index (χ1) is 26.5. The summed E-state index contributed by atoms with van der Waals surface area (Å²) >= 11 is 0. The molecule has 55 heavy (non-hydrogen) atoms. The van der Waals surface area contributed by atoms with Crippen LogP contribution in [0.4, 0.5) is 0 Å². The molecule has 6 fully saturated rings. The van der Waals surface area contributed by atoms with Gasteiger partial charge in [-0.3, -0.25) is 9.59 Å². The second-order valence-electron chi connectivity index (χ2n) is 17.5.